The van der Waals surface area contributed by atoms with Crippen LogP contribution < -0.4 is 5.32 Å². The number of benzene rings is 1. The number of anilines is 1. The zero-order chi connectivity index (χ0) is 22.4. The summed E-state index contributed by atoms with van der Waals surface area (Å²) < 4.78 is 0. The number of aromatic nitrogens is 2. The Kier molecular flexibility index (Phi) is 5.35. The molecule has 1 atom stereocenters. The highest BCUT2D eigenvalue weighted by molar-refractivity contribution is 5.47. The maximum Gasteiger partial charge on any atom is 0.133 e. The number of nitrogens with zero attached hydrogens (tertiary/aromatic N) is 4. The van der Waals surface area contributed by atoms with Crippen molar-refractivity contribution in [1.29, 1.82) is 5.26 Å². The van der Waals surface area contributed by atoms with E-state index in [1.165, 1.54) is 49.7 Å². The first kappa shape index (κ1) is 21.1. The summed E-state index contributed by atoms with van der Waals surface area (Å²) in [5.74, 6) is 3.45. The van der Waals surface area contributed by atoms with Gasteiger partial charge < -0.3 is 10.4 Å². The Bertz CT molecular complexity index is 1020. The van der Waals surface area contributed by atoms with Crippen LogP contribution in [-0.2, 0) is 19.5 Å². The summed E-state index contributed by atoms with van der Waals surface area (Å²) in [7, 11) is 0. The topological polar surface area (TPSA) is 85.1 Å². The Morgan fingerprint density at radius 3 is 2.45 bits per heavy atom. The van der Waals surface area contributed by atoms with Crippen molar-refractivity contribution in [2.45, 2.75) is 64.1 Å². The molecule has 172 valence electrons. The van der Waals surface area contributed by atoms with E-state index in [2.05, 4.69) is 26.3 Å². The molecule has 1 aromatic carbocycles. The molecule has 33 heavy (non-hydrogen) atoms. The van der Waals surface area contributed by atoms with Crippen LogP contribution in [0.5, 0.6) is 0 Å². The zero-order valence-corrected chi connectivity index (χ0v) is 19.2. The van der Waals surface area contributed by atoms with Crippen LogP contribution in [0.3, 0.4) is 0 Å². The van der Waals surface area contributed by atoms with Crippen molar-refractivity contribution in [3.05, 3.63) is 53.0 Å². The number of nitriles is 1. The molecule has 6 nitrogen and oxygen atoms in total. The maximum atomic E-state index is 11.3. The normalized spacial score (nSPS) is 31.1. The highest BCUT2D eigenvalue weighted by Crippen LogP contribution is 2.61. The van der Waals surface area contributed by atoms with E-state index in [1.807, 2.05) is 24.3 Å². The molecule has 0 saturated heterocycles. The molecule has 1 unspecified atom stereocenters. The summed E-state index contributed by atoms with van der Waals surface area (Å²) in [6, 6.07) is 10.0. The van der Waals surface area contributed by atoms with Gasteiger partial charge in [-0.2, -0.15) is 5.26 Å². The van der Waals surface area contributed by atoms with Gasteiger partial charge in [-0.05, 0) is 85.8 Å². The van der Waals surface area contributed by atoms with Gasteiger partial charge in [-0.15, -0.1) is 0 Å². The lowest BCUT2D eigenvalue weighted by Crippen LogP contribution is -2.53. The molecule has 1 aromatic heterocycles. The molecule has 1 aliphatic heterocycles. The number of aliphatic hydroxyl groups is 1. The molecule has 2 heterocycles. The Labute approximate surface area is 196 Å². The van der Waals surface area contributed by atoms with E-state index in [0.717, 1.165) is 55.3 Å². The van der Waals surface area contributed by atoms with Gasteiger partial charge in [0.25, 0.3) is 0 Å². The van der Waals surface area contributed by atoms with E-state index < -0.39 is 0 Å². The van der Waals surface area contributed by atoms with E-state index in [1.54, 1.807) is 6.33 Å². The van der Waals surface area contributed by atoms with Gasteiger partial charge in [0.05, 0.1) is 23.4 Å². The van der Waals surface area contributed by atoms with E-state index in [4.69, 9.17) is 5.26 Å². The number of nitrogens with one attached hydrogen (secondary N) is 1. The molecule has 0 amide bonds. The first-order valence-electron chi connectivity index (χ1n) is 12.6. The average molecular weight is 444 g/mol. The van der Waals surface area contributed by atoms with Gasteiger partial charge >= 0.3 is 0 Å². The van der Waals surface area contributed by atoms with E-state index in [-0.39, 0.29) is 11.5 Å². The lowest BCUT2D eigenvalue weighted by atomic mass is 9.48. The van der Waals surface area contributed by atoms with Crippen molar-refractivity contribution < 1.29 is 5.11 Å². The van der Waals surface area contributed by atoms with Gasteiger partial charge in [0.15, 0.2) is 0 Å². The number of fused-ring (bicyclic) bond motifs is 1. The number of rotatable bonds is 6. The molecule has 7 rings (SSSR count). The second-order valence-electron chi connectivity index (χ2n) is 11.1. The fourth-order valence-corrected chi connectivity index (χ4v) is 7.63. The van der Waals surface area contributed by atoms with E-state index in [0.29, 0.717) is 12.1 Å². The summed E-state index contributed by atoms with van der Waals surface area (Å²) in [6.07, 6.45) is 10.1. The first-order valence-corrected chi connectivity index (χ1v) is 12.6. The lowest BCUT2D eigenvalue weighted by molar-refractivity contribution is -0.115. The fourth-order valence-electron chi connectivity index (χ4n) is 7.63. The van der Waals surface area contributed by atoms with Crippen LogP contribution in [-0.4, -0.2) is 39.2 Å². The van der Waals surface area contributed by atoms with Gasteiger partial charge in [0.1, 0.15) is 12.1 Å². The molecule has 2 aromatic rings. The third kappa shape index (κ3) is 4.02. The second kappa shape index (κ2) is 8.38. The van der Waals surface area contributed by atoms with E-state index >= 15 is 0 Å². The minimum absolute atomic E-state index is 0.132. The molecule has 4 bridgehead atoms. The van der Waals surface area contributed by atoms with Crippen LogP contribution in [0, 0.1) is 34.5 Å². The van der Waals surface area contributed by atoms with Gasteiger partial charge in [-0.1, -0.05) is 12.1 Å². The van der Waals surface area contributed by atoms with Crippen LogP contribution >= 0.6 is 0 Å². The van der Waals surface area contributed by atoms with Crippen molar-refractivity contribution >= 4 is 5.82 Å². The molecule has 4 fully saturated rings. The Hall–Kier alpha value is -2.49. The van der Waals surface area contributed by atoms with Gasteiger partial charge in [-0.25, -0.2) is 9.97 Å². The minimum Gasteiger partial charge on any atom is -0.391 e. The largest absolute Gasteiger partial charge is 0.391 e. The van der Waals surface area contributed by atoms with Crippen molar-refractivity contribution in [1.82, 2.24) is 14.9 Å². The Morgan fingerprint density at radius 1 is 1.09 bits per heavy atom. The monoisotopic (exact) mass is 443 g/mol. The van der Waals surface area contributed by atoms with Crippen LogP contribution in [0.15, 0.2) is 30.6 Å². The van der Waals surface area contributed by atoms with Crippen LogP contribution in [0.2, 0.25) is 0 Å². The van der Waals surface area contributed by atoms with Crippen molar-refractivity contribution in [3.63, 3.8) is 0 Å². The molecule has 4 saturated carbocycles. The molecule has 6 heteroatoms. The zero-order valence-electron chi connectivity index (χ0n) is 19.2. The number of hydrogen-bond donors (Lipinski definition) is 2. The highest BCUT2D eigenvalue weighted by atomic mass is 16.3. The van der Waals surface area contributed by atoms with Gasteiger partial charge in [-0.3, -0.25) is 4.90 Å². The standard InChI is InChI=1S/C27H33N5O/c28-13-18-1-3-19(4-2-18)15-32-6-5-23-24(16-32)30-17-31-26(23)29-14-25(33)27-10-20-7-21(11-27)9-22(8-20)12-27/h1-4,17,20-22,25,33H,5-12,14-16H2,(H,29,30,31). The molecular formula is C27H33N5O. The highest BCUT2D eigenvalue weighted by Gasteiger charge is 2.53. The maximum absolute atomic E-state index is 11.3. The number of aliphatic hydroxyl groups excluding tert-OH is 1. The SMILES string of the molecule is N#Cc1ccc(CN2CCc3c(ncnc3NCC(O)C34CC5CC(CC(C5)C3)C4)C2)cc1. The van der Waals surface area contributed by atoms with Gasteiger partial charge in [0, 0.05) is 31.7 Å². The second-order valence-corrected chi connectivity index (χ2v) is 11.1. The first-order chi connectivity index (χ1) is 16.1. The van der Waals surface area contributed by atoms with Crippen LogP contribution in [0.1, 0.15) is 60.9 Å². The quantitative estimate of drug-likeness (QED) is 0.704. The van der Waals surface area contributed by atoms with Crippen molar-refractivity contribution in [2.24, 2.45) is 23.2 Å². The molecule has 4 aliphatic carbocycles. The minimum atomic E-state index is -0.298. The Morgan fingerprint density at radius 2 is 1.79 bits per heavy atom. The molecule has 0 spiro atoms. The molecule has 2 N–H and O–H groups in total. The summed E-state index contributed by atoms with van der Waals surface area (Å²) in [4.78, 5) is 11.5. The summed E-state index contributed by atoms with van der Waals surface area (Å²) >= 11 is 0. The summed E-state index contributed by atoms with van der Waals surface area (Å²) in [5, 5.41) is 23.8. The van der Waals surface area contributed by atoms with Crippen LogP contribution in [0.4, 0.5) is 5.82 Å². The molecule has 0 radical (unpaired) electrons. The summed E-state index contributed by atoms with van der Waals surface area (Å²) in [6.45, 7) is 3.18. The third-order valence-electron chi connectivity index (χ3n) is 8.83. The fraction of sp³-hybridized carbons (Fsp3) is 0.593. The predicted octanol–water partition coefficient (Wildman–Crippen LogP) is 3.90. The van der Waals surface area contributed by atoms with E-state index in [9.17, 15) is 5.11 Å². The summed E-state index contributed by atoms with van der Waals surface area (Å²) in [5.41, 5.74) is 4.32. The van der Waals surface area contributed by atoms with Crippen molar-refractivity contribution in [2.75, 3.05) is 18.4 Å². The average Bonchev–Trinajstić information content (AvgIpc) is 2.82. The van der Waals surface area contributed by atoms with Crippen LogP contribution in [0.25, 0.3) is 0 Å². The molecular weight excluding hydrogens is 410 g/mol. The smallest absolute Gasteiger partial charge is 0.133 e. The lowest BCUT2D eigenvalue weighted by Gasteiger charge is -2.58. The Balaban J connectivity index is 1.10. The molecule has 5 aliphatic rings. The third-order valence-corrected chi connectivity index (χ3v) is 8.83. The van der Waals surface area contributed by atoms with Crippen molar-refractivity contribution in [3.8, 4) is 6.07 Å². The van der Waals surface area contributed by atoms with Gasteiger partial charge in [0.2, 0.25) is 0 Å². The predicted molar refractivity (Wildman–Crippen MR) is 126 cm³/mol. The number of hydrogen-bond acceptors (Lipinski definition) is 6.